The second-order valence-corrected chi connectivity index (χ2v) is 7.63. The van der Waals surface area contributed by atoms with E-state index in [1.54, 1.807) is 0 Å². The molecule has 1 aromatic carbocycles. The largest absolute Gasteiger partial charge is 0.324 e. The van der Waals surface area contributed by atoms with E-state index >= 15 is 0 Å². The van der Waals surface area contributed by atoms with Crippen LogP contribution in [0, 0.1) is 3.57 Å². The molecule has 0 aliphatic rings. The third kappa shape index (κ3) is 3.89. The van der Waals surface area contributed by atoms with E-state index in [1.165, 1.54) is 0 Å². The van der Waals surface area contributed by atoms with Gasteiger partial charge in [0, 0.05) is 15.9 Å². The smallest absolute Gasteiger partial charge is 0.202 e. The van der Waals surface area contributed by atoms with Crippen molar-refractivity contribution in [3.8, 4) is 0 Å². The highest BCUT2D eigenvalue weighted by atomic mass is 127. The quantitative estimate of drug-likeness (QED) is 0.596. The molecule has 0 N–H and O–H groups in total. The van der Waals surface area contributed by atoms with Crippen LogP contribution in [0.4, 0.5) is 0 Å². The Bertz CT molecular complexity index is 357. The second kappa shape index (κ2) is 6.02. The van der Waals surface area contributed by atoms with Gasteiger partial charge in [-0.15, -0.1) is 0 Å². The van der Waals surface area contributed by atoms with Crippen LogP contribution in [0.1, 0.15) is 19.4 Å². The van der Waals surface area contributed by atoms with E-state index < -0.39 is 7.37 Å². The number of halogens is 1. The summed E-state index contributed by atoms with van der Waals surface area (Å²) in [5, 5.41) is 0. The average molecular weight is 338 g/mol. The summed E-state index contributed by atoms with van der Waals surface area (Å²) < 4.78 is 18.7. The highest BCUT2D eigenvalue weighted by Gasteiger charge is 2.17. The van der Waals surface area contributed by atoms with Gasteiger partial charge in [0.1, 0.15) is 0 Å². The molecular formula is C11H16IO2P. The maximum atomic E-state index is 12.0. The average Bonchev–Trinajstić information content (AvgIpc) is 2.28. The monoisotopic (exact) mass is 338 g/mol. The molecule has 15 heavy (non-hydrogen) atoms. The van der Waals surface area contributed by atoms with Gasteiger partial charge in [-0.25, -0.2) is 0 Å². The third-order valence-corrected chi connectivity index (χ3v) is 5.96. The fourth-order valence-electron chi connectivity index (χ4n) is 1.21. The van der Waals surface area contributed by atoms with Crippen LogP contribution in [0.15, 0.2) is 24.3 Å². The second-order valence-electron chi connectivity index (χ2n) is 3.31. The normalized spacial score (nSPS) is 11.7. The van der Waals surface area contributed by atoms with Crippen LogP contribution in [0.5, 0.6) is 0 Å². The van der Waals surface area contributed by atoms with Crippen molar-refractivity contribution in [2.24, 2.45) is 0 Å². The van der Waals surface area contributed by atoms with E-state index in [-0.39, 0.29) is 0 Å². The van der Waals surface area contributed by atoms with Crippen molar-refractivity contribution in [2.45, 2.75) is 20.5 Å². The standard InChI is InChI=1S/C11H16IO2P/c1-3-15(13,4-2)14-9-10-7-5-6-8-11(10)12/h5-8H,3-4,9H2,1-2H3. The lowest BCUT2D eigenvalue weighted by molar-refractivity contribution is 0.303. The lowest BCUT2D eigenvalue weighted by Gasteiger charge is -2.15. The molecule has 0 spiro atoms. The van der Waals surface area contributed by atoms with Gasteiger partial charge in [-0.05, 0) is 34.2 Å². The summed E-state index contributed by atoms with van der Waals surface area (Å²) in [6.07, 6.45) is 1.24. The lowest BCUT2D eigenvalue weighted by Crippen LogP contribution is -1.98. The molecule has 0 saturated carbocycles. The third-order valence-electron chi connectivity index (χ3n) is 2.38. The Labute approximate surface area is 105 Å². The van der Waals surface area contributed by atoms with Gasteiger partial charge in [-0.3, -0.25) is 4.57 Å². The molecule has 0 saturated heterocycles. The van der Waals surface area contributed by atoms with Gasteiger partial charge in [0.05, 0.1) is 6.61 Å². The Balaban J connectivity index is 2.65. The van der Waals surface area contributed by atoms with Crippen molar-refractivity contribution < 1.29 is 9.09 Å². The van der Waals surface area contributed by atoms with Crippen molar-refractivity contribution in [3.05, 3.63) is 33.4 Å². The summed E-state index contributed by atoms with van der Waals surface area (Å²) in [7, 11) is -2.37. The van der Waals surface area contributed by atoms with Gasteiger partial charge in [0.15, 0.2) is 0 Å². The van der Waals surface area contributed by atoms with Crippen LogP contribution >= 0.6 is 30.0 Å². The molecule has 84 valence electrons. The summed E-state index contributed by atoms with van der Waals surface area (Å²) in [6, 6.07) is 8.01. The van der Waals surface area contributed by atoms with Crippen molar-refractivity contribution in [2.75, 3.05) is 12.3 Å². The fraction of sp³-hybridized carbons (Fsp3) is 0.455. The molecule has 0 fully saturated rings. The molecule has 0 aliphatic heterocycles. The topological polar surface area (TPSA) is 26.3 Å². The van der Waals surface area contributed by atoms with Gasteiger partial charge in [0.2, 0.25) is 7.37 Å². The summed E-state index contributed by atoms with van der Waals surface area (Å²) >= 11 is 2.27. The maximum absolute atomic E-state index is 12.0. The van der Waals surface area contributed by atoms with E-state index in [1.807, 2.05) is 38.1 Å². The molecule has 1 aromatic rings. The first-order chi connectivity index (χ1) is 7.11. The number of benzene rings is 1. The lowest BCUT2D eigenvalue weighted by atomic mass is 10.2. The minimum Gasteiger partial charge on any atom is -0.324 e. The SMILES string of the molecule is CCP(=O)(CC)OCc1ccccc1I. The zero-order valence-electron chi connectivity index (χ0n) is 9.07. The van der Waals surface area contributed by atoms with Crippen LogP contribution in [-0.4, -0.2) is 12.3 Å². The van der Waals surface area contributed by atoms with E-state index in [9.17, 15) is 4.57 Å². The molecule has 0 aliphatic carbocycles. The Morgan fingerprint density at radius 3 is 2.40 bits per heavy atom. The van der Waals surface area contributed by atoms with E-state index in [4.69, 9.17) is 4.52 Å². The minimum absolute atomic E-state index is 0.456. The summed E-state index contributed by atoms with van der Waals surface area (Å²) in [6.45, 7) is 4.29. The predicted octanol–water partition coefficient (Wildman–Crippen LogP) is 4.13. The van der Waals surface area contributed by atoms with E-state index in [0.29, 0.717) is 18.9 Å². The van der Waals surface area contributed by atoms with Gasteiger partial charge in [-0.2, -0.15) is 0 Å². The van der Waals surface area contributed by atoms with Crippen molar-refractivity contribution in [1.29, 1.82) is 0 Å². The molecule has 0 aromatic heterocycles. The number of hydrogen-bond donors (Lipinski definition) is 0. The highest BCUT2D eigenvalue weighted by molar-refractivity contribution is 14.1. The molecule has 0 bridgehead atoms. The molecule has 2 nitrogen and oxygen atoms in total. The first-order valence-corrected chi connectivity index (χ1v) is 8.14. The Kier molecular flexibility index (Phi) is 5.30. The molecular weight excluding hydrogens is 322 g/mol. The van der Waals surface area contributed by atoms with E-state index in [2.05, 4.69) is 22.6 Å². The Hall–Kier alpha value is 0.140. The molecule has 4 heteroatoms. The van der Waals surface area contributed by atoms with Gasteiger partial charge >= 0.3 is 0 Å². The van der Waals surface area contributed by atoms with Crippen LogP contribution < -0.4 is 0 Å². The first kappa shape index (κ1) is 13.2. The van der Waals surface area contributed by atoms with Crippen molar-refractivity contribution in [3.63, 3.8) is 0 Å². The van der Waals surface area contributed by atoms with Crippen molar-refractivity contribution in [1.82, 2.24) is 0 Å². The maximum Gasteiger partial charge on any atom is 0.202 e. The highest BCUT2D eigenvalue weighted by Crippen LogP contribution is 2.46. The van der Waals surface area contributed by atoms with Gasteiger partial charge < -0.3 is 4.52 Å². The zero-order valence-corrected chi connectivity index (χ0v) is 12.1. The zero-order chi connectivity index (χ0) is 11.3. The molecule has 0 amide bonds. The van der Waals surface area contributed by atoms with Gasteiger partial charge in [0.25, 0.3) is 0 Å². The summed E-state index contributed by atoms with van der Waals surface area (Å²) in [5.41, 5.74) is 1.11. The summed E-state index contributed by atoms with van der Waals surface area (Å²) in [4.78, 5) is 0. The van der Waals surface area contributed by atoms with Crippen LogP contribution in [-0.2, 0) is 15.7 Å². The van der Waals surface area contributed by atoms with Crippen molar-refractivity contribution >= 4 is 30.0 Å². The van der Waals surface area contributed by atoms with E-state index in [0.717, 1.165) is 9.13 Å². The summed E-state index contributed by atoms with van der Waals surface area (Å²) in [5.74, 6) is 0. The molecule has 0 unspecified atom stereocenters. The van der Waals surface area contributed by atoms with Gasteiger partial charge in [-0.1, -0.05) is 32.0 Å². The first-order valence-electron chi connectivity index (χ1n) is 5.07. The number of hydrogen-bond acceptors (Lipinski definition) is 2. The molecule has 0 atom stereocenters. The number of rotatable bonds is 5. The molecule has 0 heterocycles. The predicted molar refractivity (Wildman–Crippen MR) is 72.6 cm³/mol. The van der Waals surface area contributed by atoms with Crippen LogP contribution in [0.25, 0.3) is 0 Å². The fourth-order valence-corrected chi connectivity index (χ4v) is 2.94. The minimum atomic E-state index is -2.37. The molecule has 0 radical (unpaired) electrons. The molecule has 1 rings (SSSR count). The Morgan fingerprint density at radius 1 is 1.27 bits per heavy atom. The Morgan fingerprint density at radius 2 is 1.87 bits per heavy atom. The van der Waals surface area contributed by atoms with Crippen LogP contribution in [0.3, 0.4) is 0 Å². The van der Waals surface area contributed by atoms with Crippen LogP contribution in [0.2, 0.25) is 0 Å².